The van der Waals surface area contributed by atoms with Gasteiger partial charge in [0.05, 0.1) is 43.8 Å². The van der Waals surface area contributed by atoms with Gasteiger partial charge in [-0.15, -0.1) is 0 Å². The smallest absolute Gasteiger partial charge is 0.124 e. The zero-order valence-electron chi connectivity index (χ0n) is 16.7. The van der Waals surface area contributed by atoms with E-state index < -0.39 is 0 Å². The Hall–Kier alpha value is -3.45. The van der Waals surface area contributed by atoms with Gasteiger partial charge in [-0.3, -0.25) is 4.98 Å². The van der Waals surface area contributed by atoms with Gasteiger partial charge in [0.2, 0.25) is 0 Å². The summed E-state index contributed by atoms with van der Waals surface area (Å²) in [6, 6.07) is 11.3. The molecule has 29 heavy (non-hydrogen) atoms. The molecule has 0 spiro atoms. The summed E-state index contributed by atoms with van der Waals surface area (Å²) in [7, 11) is 3.20. The number of methoxy groups -OCH3 is 2. The van der Waals surface area contributed by atoms with Crippen molar-refractivity contribution in [3.8, 4) is 11.5 Å². The van der Waals surface area contributed by atoms with Crippen molar-refractivity contribution in [2.75, 3.05) is 32.3 Å². The van der Waals surface area contributed by atoms with E-state index in [2.05, 4.69) is 9.97 Å². The van der Waals surface area contributed by atoms with E-state index >= 15 is 0 Å². The lowest BCUT2D eigenvalue weighted by molar-refractivity contribution is 0.305. The fourth-order valence-corrected chi connectivity index (χ4v) is 3.07. The number of benzene rings is 2. The minimum atomic E-state index is -0.0280. The topological polar surface area (TPSA) is 91.6 Å². The van der Waals surface area contributed by atoms with E-state index in [4.69, 9.17) is 14.9 Å². The minimum absolute atomic E-state index is 0.0280. The van der Waals surface area contributed by atoms with Crippen molar-refractivity contribution in [3.05, 3.63) is 54.4 Å². The van der Waals surface area contributed by atoms with E-state index in [-0.39, 0.29) is 6.61 Å². The molecule has 3 aromatic rings. The van der Waals surface area contributed by atoms with E-state index in [0.717, 1.165) is 16.9 Å². The maximum atomic E-state index is 9.64. The molecular formula is C22H24N4O3. The number of aliphatic hydroxyl groups excluding tert-OH is 1. The highest BCUT2D eigenvalue weighted by Crippen LogP contribution is 2.33. The lowest BCUT2D eigenvalue weighted by Crippen LogP contribution is -2.21. The van der Waals surface area contributed by atoms with Gasteiger partial charge in [-0.2, -0.15) is 0 Å². The zero-order valence-corrected chi connectivity index (χ0v) is 16.7. The zero-order chi connectivity index (χ0) is 20.8. The summed E-state index contributed by atoms with van der Waals surface area (Å²) >= 11 is 0. The predicted octanol–water partition coefficient (Wildman–Crippen LogP) is 3.83. The number of fused-ring (bicyclic) bond motifs is 1. The fraction of sp³-hybridized carbons (Fsp3) is 0.227. The fourth-order valence-electron chi connectivity index (χ4n) is 3.07. The van der Waals surface area contributed by atoms with Crippen LogP contribution in [0.4, 0.5) is 11.4 Å². The third-order valence-electron chi connectivity index (χ3n) is 4.57. The Morgan fingerprint density at radius 2 is 1.79 bits per heavy atom. The lowest BCUT2D eigenvalue weighted by atomic mass is 10.1. The second-order valence-corrected chi connectivity index (χ2v) is 6.26. The van der Waals surface area contributed by atoms with Crippen LogP contribution < -0.4 is 14.4 Å². The quantitative estimate of drug-likeness (QED) is 0.566. The van der Waals surface area contributed by atoms with Crippen LogP contribution in [0.25, 0.3) is 16.6 Å². The first-order chi connectivity index (χ1) is 14.1. The van der Waals surface area contributed by atoms with E-state index in [0.29, 0.717) is 34.8 Å². The first-order valence-corrected chi connectivity index (χ1v) is 9.19. The molecular weight excluding hydrogens is 368 g/mol. The maximum absolute atomic E-state index is 9.64. The largest absolute Gasteiger partial charge is 0.497 e. The van der Waals surface area contributed by atoms with Crippen LogP contribution in [0.15, 0.2) is 48.7 Å². The summed E-state index contributed by atoms with van der Waals surface area (Å²) in [4.78, 5) is 11.1. The molecule has 7 heteroatoms. The van der Waals surface area contributed by atoms with Crippen molar-refractivity contribution >= 4 is 34.2 Å². The molecule has 1 heterocycles. The summed E-state index contributed by atoms with van der Waals surface area (Å²) in [5, 5.41) is 17.2. The van der Waals surface area contributed by atoms with Gasteiger partial charge in [0.25, 0.3) is 0 Å². The van der Waals surface area contributed by atoms with Gasteiger partial charge in [-0.05, 0) is 25.1 Å². The summed E-state index contributed by atoms with van der Waals surface area (Å²) in [6.45, 7) is 2.22. The molecule has 0 aliphatic heterocycles. The first kappa shape index (κ1) is 20.3. The number of ether oxygens (including phenoxy) is 2. The lowest BCUT2D eigenvalue weighted by Gasteiger charge is -2.25. The number of rotatable bonds is 8. The Labute approximate surface area is 169 Å². The van der Waals surface area contributed by atoms with Crippen LogP contribution in [0.3, 0.4) is 0 Å². The molecule has 7 nitrogen and oxygen atoms in total. The molecule has 0 aliphatic carbocycles. The molecule has 0 amide bonds. The van der Waals surface area contributed by atoms with Crippen LogP contribution in [-0.4, -0.2) is 48.7 Å². The van der Waals surface area contributed by atoms with Crippen molar-refractivity contribution in [3.63, 3.8) is 0 Å². The van der Waals surface area contributed by atoms with Crippen LogP contribution >= 0.6 is 0 Å². The third-order valence-corrected chi connectivity index (χ3v) is 4.57. The van der Waals surface area contributed by atoms with E-state index in [9.17, 15) is 5.11 Å². The molecule has 0 saturated carbocycles. The monoisotopic (exact) mass is 392 g/mol. The Morgan fingerprint density at radius 3 is 2.38 bits per heavy atom. The Balaban J connectivity index is 2.10. The minimum Gasteiger partial charge on any atom is -0.497 e. The number of nitrogens with zero attached hydrogens (tertiary/aromatic N) is 3. The van der Waals surface area contributed by atoms with Crippen LogP contribution in [0.2, 0.25) is 0 Å². The molecule has 0 unspecified atom stereocenters. The molecule has 0 saturated heterocycles. The third kappa shape index (κ3) is 4.35. The number of aliphatic hydroxyl groups is 1. The van der Waals surface area contributed by atoms with Crippen LogP contribution in [0.1, 0.15) is 12.6 Å². The molecule has 2 N–H and O–H groups in total. The first-order valence-electron chi connectivity index (χ1n) is 9.19. The van der Waals surface area contributed by atoms with Crippen molar-refractivity contribution in [2.24, 2.45) is 0 Å². The molecule has 2 aromatic carbocycles. The Kier molecular flexibility index (Phi) is 6.41. The average molecular weight is 392 g/mol. The molecule has 0 fully saturated rings. The SMILES string of the molecule is C/C=C(\C=N)c1cnc2ccc(N(CCO)c3cc(OC)cc(OC)c3)cc2n1. The highest BCUT2D eigenvalue weighted by Gasteiger charge is 2.14. The highest BCUT2D eigenvalue weighted by molar-refractivity contribution is 6.07. The Bertz CT molecular complexity index is 1030. The molecule has 3 rings (SSSR count). The average Bonchev–Trinajstić information content (AvgIpc) is 2.77. The standard InChI is InChI=1S/C22H24N4O3/c1-4-15(13-23)22-14-24-20-6-5-16(11-21(20)25-22)26(7-8-27)17-9-18(28-2)12-19(10-17)29-3/h4-6,9-14,23,27H,7-8H2,1-3H3/b15-4+,23-13?. The summed E-state index contributed by atoms with van der Waals surface area (Å²) < 4.78 is 10.8. The van der Waals surface area contributed by atoms with Gasteiger partial charge in [0.15, 0.2) is 0 Å². The number of hydrogen-bond acceptors (Lipinski definition) is 7. The number of aromatic nitrogens is 2. The Morgan fingerprint density at radius 1 is 1.07 bits per heavy atom. The van der Waals surface area contributed by atoms with E-state index in [1.807, 2.05) is 48.2 Å². The van der Waals surface area contributed by atoms with Gasteiger partial charge in [-0.25, -0.2) is 4.98 Å². The number of anilines is 2. The van der Waals surface area contributed by atoms with Gasteiger partial charge in [-0.1, -0.05) is 6.08 Å². The van der Waals surface area contributed by atoms with Crippen molar-refractivity contribution in [1.82, 2.24) is 9.97 Å². The van der Waals surface area contributed by atoms with Crippen LogP contribution in [0, 0.1) is 5.41 Å². The molecule has 150 valence electrons. The van der Waals surface area contributed by atoms with Crippen molar-refractivity contribution in [2.45, 2.75) is 6.92 Å². The highest BCUT2D eigenvalue weighted by atomic mass is 16.5. The summed E-state index contributed by atoms with van der Waals surface area (Å²) in [6.07, 6.45) is 4.76. The molecule has 1 aromatic heterocycles. The normalized spacial score (nSPS) is 11.4. The molecule has 0 bridgehead atoms. The number of nitrogens with one attached hydrogen (secondary N) is 1. The predicted molar refractivity (Wildman–Crippen MR) is 116 cm³/mol. The number of allylic oxidation sites excluding steroid dienone is 2. The second-order valence-electron chi connectivity index (χ2n) is 6.26. The summed E-state index contributed by atoms with van der Waals surface area (Å²) in [5.74, 6) is 1.32. The van der Waals surface area contributed by atoms with Crippen LogP contribution in [0.5, 0.6) is 11.5 Å². The molecule has 0 atom stereocenters. The van der Waals surface area contributed by atoms with Gasteiger partial charge in [0.1, 0.15) is 11.5 Å². The second kappa shape index (κ2) is 9.16. The molecule has 0 aliphatic rings. The maximum Gasteiger partial charge on any atom is 0.124 e. The van der Waals surface area contributed by atoms with E-state index in [1.54, 1.807) is 26.5 Å². The van der Waals surface area contributed by atoms with Crippen LogP contribution in [-0.2, 0) is 0 Å². The van der Waals surface area contributed by atoms with Gasteiger partial charge in [0, 0.05) is 47.9 Å². The summed E-state index contributed by atoms with van der Waals surface area (Å²) in [5.41, 5.74) is 4.49. The van der Waals surface area contributed by atoms with Crippen molar-refractivity contribution < 1.29 is 14.6 Å². The van der Waals surface area contributed by atoms with Gasteiger partial charge >= 0.3 is 0 Å². The number of hydrogen-bond donors (Lipinski definition) is 2. The van der Waals surface area contributed by atoms with E-state index in [1.165, 1.54) is 6.21 Å². The van der Waals surface area contributed by atoms with Gasteiger partial charge < -0.3 is 24.9 Å². The molecule has 0 radical (unpaired) electrons. The van der Waals surface area contributed by atoms with Crippen molar-refractivity contribution in [1.29, 1.82) is 5.41 Å².